The van der Waals surface area contributed by atoms with Crippen LogP contribution in [0.3, 0.4) is 0 Å². The van der Waals surface area contributed by atoms with E-state index in [0.29, 0.717) is 5.92 Å². The molecule has 1 aliphatic carbocycles. The van der Waals surface area contributed by atoms with Gasteiger partial charge in [0.1, 0.15) is 0 Å². The molecule has 106 valence electrons. The summed E-state index contributed by atoms with van der Waals surface area (Å²) in [5, 5.41) is 7.70. The van der Waals surface area contributed by atoms with Crippen molar-refractivity contribution in [3.63, 3.8) is 0 Å². The molecule has 0 amide bonds. The number of nitrogens with zero attached hydrogens (tertiary/aromatic N) is 2. The molecule has 1 aromatic heterocycles. The highest BCUT2D eigenvalue weighted by atomic mass is 32.2. The largest absolute Gasteiger partial charge is 0.338 e. The number of hydrogen-bond acceptors (Lipinski definition) is 5. The maximum absolute atomic E-state index is 5.49. The second kappa shape index (κ2) is 6.27. The van der Waals surface area contributed by atoms with Gasteiger partial charge >= 0.3 is 0 Å². The van der Waals surface area contributed by atoms with Gasteiger partial charge in [-0.25, -0.2) is 0 Å². The summed E-state index contributed by atoms with van der Waals surface area (Å²) in [7, 11) is 0. The first-order chi connectivity index (χ1) is 9.36. The molecule has 1 saturated carbocycles. The predicted molar refractivity (Wildman–Crippen MR) is 77.4 cm³/mol. The summed E-state index contributed by atoms with van der Waals surface area (Å²) in [5.74, 6) is 5.34. The number of aromatic nitrogens is 2. The van der Waals surface area contributed by atoms with Gasteiger partial charge in [0.25, 0.3) is 0 Å². The van der Waals surface area contributed by atoms with Gasteiger partial charge in [0.05, 0.1) is 6.04 Å². The summed E-state index contributed by atoms with van der Waals surface area (Å²) in [6.45, 7) is 3.33. The topological polar surface area (TPSA) is 51.0 Å². The van der Waals surface area contributed by atoms with Crippen LogP contribution in [0.4, 0.5) is 0 Å². The molecule has 0 aromatic carbocycles. The van der Waals surface area contributed by atoms with Gasteiger partial charge in [-0.1, -0.05) is 31.3 Å². The summed E-state index contributed by atoms with van der Waals surface area (Å²) >= 11 is 1.96. The lowest BCUT2D eigenvalue weighted by Gasteiger charge is -2.26. The normalized spacial score (nSPS) is 32.4. The van der Waals surface area contributed by atoms with Crippen LogP contribution >= 0.6 is 11.8 Å². The van der Waals surface area contributed by atoms with Crippen LogP contribution in [0.25, 0.3) is 0 Å². The summed E-state index contributed by atoms with van der Waals surface area (Å²) in [5.41, 5.74) is 0. The minimum absolute atomic E-state index is 0.255. The van der Waals surface area contributed by atoms with Crippen molar-refractivity contribution in [2.24, 2.45) is 5.92 Å². The molecular weight excluding hydrogens is 258 g/mol. The smallest absolute Gasteiger partial charge is 0.244 e. The number of thioether (sulfide) groups is 1. The van der Waals surface area contributed by atoms with Crippen molar-refractivity contribution in [3.8, 4) is 0 Å². The molecule has 3 unspecified atom stereocenters. The molecule has 5 heteroatoms. The van der Waals surface area contributed by atoms with E-state index in [2.05, 4.69) is 22.4 Å². The van der Waals surface area contributed by atoms with Gasteiger partial charge in [-0.05, 0) is 18.8 Å². The highest BCUT2D eigenvalue weighted by molar-refractivity contribution is 7.99. The fraction of sp³-hybridized carbons (Fsp3) is 0.857. The van der Waals surface area contributed by atoms with Gasteiger partial charge in [0.2, 0.25) is 5.89 Å². The van der Waals surface area contributed by atoms with Crippen molar-refractivity contribution in [2.45, 2.75) is 51.0 Å². The predicted octanol–water partition coefficient (Wildman–Crippen LogP) is 3.13. The van der Waals surface area contributed by atoms with E-state index >= 15 is 0 Å². The van der Waals surface area contributed by atoms with Crippen LogP contribution in [0, 0.1) is 5.92 Å². The van der Waals surface area contributed by atoms with E-state index in [0.717, 1.165) is 29.9 Å². The molecule has 1 aliphatic heterocycles. The van der Waals surface area contributed by atoms with Crippen LogP contribution in [0.5, 0.6) is 0 Å². The zero-order valence-electron chi connectivity index (χ0n) is 11.6. The molecule has 19 heavy (non-hydrogen) atoms. The lowest BCUT2D eigenvalue weighted by Crippen LogP contribution is -2.30. The second-order valence-electron chi connectivity index (χ2n) is 5.71. The van der Waals surface area contributed by atoms with Gasteiger partial charge in [-0.15, -0.1) is 0 Å². The standard InChI is InChI=1S/C14H23N3OS/c1-2-10-4-3-5-11(8-10)13-16-14(18-17-13)12-9-19-7-6-15-12/h10-12,15H,2-9H2,1H3. The molecule has 1 N–H and O–H groups in total. The highest BCUT2D eigenvalue weighted by Crippen LogP contribution is 2.36. The van der Waals surface area contributed by atoms with Gasteiger partial charge in [-0.2, -0.15) is 16.7 Å². The molecule has 0 radical (unpaired) electrons. The summed E-state index contributed by atoms with van der Waals surface area (Å²) < 4.78 is 5.49. The molecule has 2 aliphatic rings. The first kappa shape index (κ1) is 13.4. The zero-order chi connectivity index (χ0) is 13.1. The Hall–Kier alpha value is -0.550. The first-order valence-electron chi connectivity index (χ1n) is 7.51. The molecule has 0 spiro atoms. The van der Waals surface area contributed by atoms with E-state index in [1.54, 1.807) is 0 Å². The van der Waals surface area contributed by atoms with Crippen LogP contribution in [0.1, 0.15) is 62.7 Å². The molecule has 3 atom stereocenters. The monoisotopic (exact) mass is 281 g/mol. The molecule has 2 heterocycles. The second-order valence-corrected chi connectivity index (χ2v) is 6.86. The minimum Gasteiger partial charge on any atom is -0.338 e. The van der Waals surface area contributed by atoms with E-state index in [1.165, 1.54) is 37.9 Å². The lowest BCUT2D eigenvalue weighted by atomic mass is 9.80. The van der Waals surface area contributed by atoms with E-state index < -0.39 is 0 Å². The van der Waals surface area contributed by atoms with Crippen molar-refractivity contribution in [2.75, 3.05) is 18.1 Å². The fourth-order valence-corrected chi connectivity index (χ4v) is 4.10. The molecule has 1 saturated heterocycles. The van der Waals surface area contributed by atoms with Crippen LogP contribution in [0.2, 0.25) is 0 Å². The summed E-state index contributed by atoms with van der Waals surface area (Å²) in [4.78, 5) is 4.67. The van der Waals surface area contributed by atoms with Crippen LogP contribution in [0.15, 0.2) is 4.52 Å². The first-order valence-corrected chi connectivity index (χ1v) is 8.67. The number of nitrogens with one attached hydrogen (secondary N) is 1. The Morgan fingerprint density at radius 1 is 1.42 bits per heavy atom. The maximum atomic E-state index is 5.49. The van der Waals surface area contributed by atoms with Gasteiger partial charge in [-0.3, -0.25) is 0 Å². The lowest BCUT2D eigenvalue weighted by molar-refractivity contribution is 0.295. The average molecular weight is 281 g/mol. The van der Waals surface area contributed by atoms with E-state index in [4.69, 9.17) is 4.52 Å². The summed E-state index contributed by atoms with van der Waals surface area (Å²) in [6, 6.07) is 0.255. The summed E-state index contributed by atoms with van der Waals surface area (Å²) in [6.07, 6.45) is 6.43. The average Bonchev–Trinajstić information content (AvgIpc) is 2.98. The van der Waals surface area contributed by atoms with Crippen molar-refractivity contribution in [1.82, 2.24) is 15.5 Å². The SMILES string of the molecule is CCC1CCCC(c2noc(C3CSCCN3)n2)C1. The Balaban J connectivity index is 1.66. The van der Waals surface area contributed by atoms with Crippen molar-refractivity contribution in [3.05, 3.63) is 11.7 Å². The van der Waals surface area contributed by atoms with Gasteiger partial charge in [0, 0.05) is 24.0 Å². The van der Waals surface area contributed by atoms with E-state index in [9.17, 15) is 0 Å². The highest BCUT2D eigenvalue weighted by Gasteiger charge is 2.28. The Kier molecular flexibility index (Phi) is 4.43. The van der Waals surface area contributed by atoms with Crippen molar-refractivity contribution >= 4 is 11.8 Å². The fourth-order valence-electron chi connectivity index (χ4n) is 3.17. The van der Waals surface area contributed by atoms with Crippen molar-refractivity contribution in [1.29, 1.82) is 0 Å². The third-order valence-corrected chi connectivity index (χ3v) is 5.46. The van der Waals surface area contributed by atoms with Gasteiger partial charge in [0.15, 0.2) is 5.82 Å². The van der Waals surface area contributed by atoms with Crippen LogP contribution < -0.4 is 5.32 Å². The Labute approximate surface area is 119 Å². The molecule has 0 bridgehead atoms. The number of hydrogen-bond donors (Lipinski definition) is 1. The maximum Gasteiger partial charge on any atom is 0.244 e. The molecule has 2 fully saturated rings. The zero-order valence-corrected chi connectivity index (χ0v) is 12.4. The minimum atomic E-state index is 0.255. The Bertz CT molecular complexity index is 403. The van der Waals surface area contributed by atoms with Crippen LogP contribution in [-0.2, 0) is 0 Å². The molecular formula is C14H23N3OS. The molecule has 4 nitrogen and oxygen atoms in total. The van der Waals surface area contributed by atoms with E-state index in [-0.39, 0.29) is 6.04 Å². The molecule has 3 rings (SSSR count). The Morgan fingerprint density at radius 3 is 3.16 bits per heavy atom. The molecule has 1 aromatic rings. The third-order valence-electron chi connectivity index (χ3n) is 4.40. The number of rotatable bonds is 3. The Morgan fingerprint density at radius 2 is 2.37 bits per heavy atom. The van der Waals surface area contributed by atoms with Crippen LogP contribution in [-0.4, -0.2) is 28.2 Å². The third kappa shape index (κ3) is 3.14. The van der Waals surface area contributed by atoms with Gasteiger partial charge < -0.3 is 9.84 Å². The quantitative estimate of drug-likeness (QED) is 0.922. The van der Waals surface area contributed by atoms with Crippen molar-refractivity contribution < 1.29 is 4.52 Å². The van der Waals surface area contributed by atoms with E-state index in [1.807, 2.05) is 11.8 Å².